The first-order valence-electron chi connectivity index (χ1n) is 5.18. The van der Waals surface area contributed by atoms with Gasteiger partial charge in [-0.15, -0.1) is 0 Å². The molecule has 0 spiro atoms. The molecule has 0 fully saturated rings. The van der Waals surface area contributed by atoms with Crippen LogP contribution in [-0.4, -0.2) is 9.97 Å². The summed E-state index contributed by atoms with van der Waals surface area (Å²) in [6.07, 6.45) is 2.11. The first-order chi connectivity index (χ1) is 6.37. The lowest BCUT2D eigenvalue weighted by Crippen LogP contribution is -2.09. The highest BCUT2D eigenvalue weighted by atomic mass is 14.9. The van der Waals surface area contributed by atoms with Crippen molar-refractivity contribution in [1.29, 1.82) is 0 Å². The van der Waals surface area contributed by atoms with Crippen LogP contribution in [-0.2, 0) is 6.42 Å². The lowest BCUT2D eigenvalue weighted by molar-refractivity contribution is 0.374. The van der Waals surface area contributed by atoms with Crippen molar-refractivity contribution in [2.75, 3.05) is 0 Å². The van der Waals surface area contributed by atoms with Gasteiger partial charge in [0.2, 0.25) is 0 Å². The summed E-state index contributed by atoms with van der Waals surface area (Å²) in [6.45, 7) is 10.8. The van der Waals surface area contributed by atoms with E-state index in [0.717, 1.165) is 30.1 Å². The van der Waals surface area contributed by atoms with Gasteiger partial charge >= 0.3 is 0 Å². The lowest BCUT2D eigenvalue weighted by atomic mass is 9.90. The summed E-state index contributed by atoms with van der Waals surface area (Å²) in [6, 6.07) is 2.01. The van der Waals surface area contributed by atoms with Gasteiger partial charge in [-0.2, -0.15) is 0 Å². The molecule has 1 heterocycles. The molecule has 0 bridgehead atoms. The molecule has 0 unspecified atom stereocenters. The Morgan fingerprint density at radius 1 is 1.07 bits per heavy atom. The van der Waals surface area contributed by atoms with E-state index in [1.165, 1.54) is 0 Å². The van der Waals surface area contributed by atoms with Crippen LogP contribution in [0.2, 0.25) is 0 Å². The van der Waals surface area contributed by atoms with E-state index < -0.39 is 0 Å². The van der Waals surface area contributed by atoms with Gasteiger partial charge in [-0.05, 0) is 31.7 Å². The fourth-order valence-electron chi connectivity index (χ4n) is 1.40. The highest BCUT2D eigenvalue weighted by molar-refractivity contribution is 5.08. The summed E-state index contributed by atoms with van der Waals surface area (Å²) < 4.78 is 0. The van der Waals surface area contributed by atoms with Crippen molar-refractivity contribution in [2.24, 2.45) is 5.41 Å². The number of nitrogens with zero attached hydrogens (tertiary/aromatic N) is 2. The zero-order valence-electron chi connectivity index (χ0n) is 9.89. The number of rotatable bonds is 2. The first kappa shape index (κ1) is 11.2. The minimum absolute atomic E-state index is 0.362. The highest BCUT2D eigenvalue weighted by Gasteiger charge is 2.11. The second-order valence-electron chi connectivity index (χ2n) is 5.13. The van der Waals surface area contributed by atoms with Gasteiger partial charge in [-0.3, -0.25) is 0 Å². The van der Waals surface area contributed by atoms with E-state index in [9.17, 15) is 0 Å². The van der Waals surface area contributed by atoms with Crippen LogP contribution < -0.4 is 0 Å². The molecule has 0 aliphatic carbocycles. The van der Waals surface area contributed by atoms with Crippen molar-refractivity contribution >= 4 is 0 Å². The number of hydrogen-bond acceptors (Lipinski definition) is 2. The zero-order valence-corrected chi connectivity index (χ0v) is 9.89. The highest BCUT2D eigenvalue weighted by Crippen LogP contribution is 2.20. The molecule has 0 aliphatic rings. The van der Waals surface area contributed by atoms with Crippen LogP contribution in [0.4, 0.5) is 0 Å². The van der Waals surface area contributed by atoms with Crippen molar-refractivity contribution in [2.45, 2.75) is 47.5 Å². The quantitative estimate of drug-likeness (QED) is 0.719. The fourth-order valence-corrected chi connectivity index (χ4v) is 1.40. The minimum atomic E-state index is 0.362. The van der Waals surface area contributed by atoms with Crippen LogP contribution >= 0.6 is 0 Å². The Morgan fingerprint density at radius 3 is 2.00 bits per heavy atom. The van der Waals surface area contributed by atoms with Gasteiger partial charge in [-0.25, -0.2) is 9.97 Å². The molecular weight excluding hydrogens is 172 g/mol. The average molecular weight is 192 g/mol. The predicted molar refractivity (Wildman–Crippen MR) is 59.3 cm³/mol. The molecule has 0 radical (unpaired) electrons. The topological polar surface area (TPSA) is 25.8 Å². The molecule has 0 saturated carbocycles. The van der Waals surface area contributed by atoms with Gasteiger partial charge in [-0.1, -0.05) is 20.8 Å². The molecule has 1 aromatic rings. The van der Waals surface area contributed by atoms with E-state index in [1.807, 2.05) is 19.9 Å². The molecule has 2 heteroatoms. The summed E-state index contributed by atoms with van der Waals surface area (Å²) in [5.74, 6) is 0.984. The standard InChI is InChI=1S/C12H20N2/c1-9-8-10(2)14-11(13-9)6-7-12(3,4)5/h8H,6-7H2,1-5H3. The monoisotopic (exact) mass is 192 g/mol. The Bertz CT molecular complexity index is 290. The van der Waals surface area contributed by atoms with Crippen LogP contribution in [0.3, 0.4) is 0 Å². The second-order valence-corrected chi connectivity index (χ2v) is 5.13. The molecular formula is C12H20N2. The van der Waals surface area contributed by atoms with Crippen molar-refractivity contribution < 1.29 is 0 Å². The third-order valence-corrected chi connectivity index (χ3v) is 2.13. The summed E-state index contributed by atoms with van der Waals surface area (Å²) >= 11 is 0. The molecule has 0 aliphatic heterocycles. The van der Waals surface area contributed by atoms with Crippen molar-refractivity contribution in [3.63, 3.8) is 0 Å². The smallest absolute Gasteiger partial charge is 0.128 e. The molecule has 1 rings (SSSR count). The Kier molecular flexibility index (Phi) is 3.25. The van der Waals surface area contributed by atoms with Gasteiger partial charge in [0.25, 0.3) is 0 Å². The number of aryl methyl sites for hydroxylation is 3. The third kappa shape index (κ3) is 3.86. The Labute approximate surface area is 86.8 Å². The summed E-state index contributed by atoms with van der Waals surface area (Å²) in [5, 5.41) is 0. The molecule has 14 heavy (non-hydrogen) atoms. The minimum Gasteiger partial charge on any atom is -0.238 e. The van der Waals surface area contributed by atoms with Gasteiger partial charge in [0.05, 0.1) is 0 Å². The zero-order chi connectivity index (χ0) is 10.8. The van der Waals surface area contributed by atoms with Gasteiger partial charge in [0.15, 0.2) is 0 Å². The van der Waals surface area contributed by atoms with Crippen molar-refractivity contribution in [3.8, 4) is 0 Å². The number of hydrogen-bond donors (Lipinski definition) is 0. The van der Waals surface area contributed by atoms with Gasteiger partial charge in [0.1, 0.15) is 5.82 Å². The Hall–Kier alpha value is -0.920. The molecule has 0 saturated heterocycles. The van der Waals surface area contributed by atoms with Crippen LogP contribution in [0, 0.1) is 19.3 Å². The maximum absolute atomic E-state index is 4.43. The van der Waals surface area contributed by atoms with E-state index in [0.29, 0.717) is 5.41 Å². The second kappa shape index (κ2) is 4.07. The first-order valence-corrected chi connectivity index (χ1v) is 5.18. The molecule has 78 valence electrons. The van der Waals surface area contributed by atoms with E-state index in [4.69, 9.17) is 0 Å². The van der Waals surface area contributed by atoms with Crippen LogP contribution in [0.25, 0.3) is 0 Å². The van der Waals surface area contributed by atoms with Crippen LogP contribution in [0.5, 0.6) is 0 Å². The van der Waals surface area contributed by atoms with Crippen LogP contribution in [0.15, 0.2) is 6.07 Å². The molecule has 0 aromatic carbocycles. The SMILES string of the molecule is Cc1cc(C)nc(CCC(C)(C)C)n1. The van der Waals surface area contributed by atoms with Gasteiger partial charge < -0.3 is 0 Å². The predicted octanol–water partition coefficient (Wildman–Crippen LogP) is 3.07. The molecule has 0 amide bonds. The lowest BCUT2D eigenvalue weighted by Gasteiger charge is -2.17. The van der Waals surface area contributed by atoms with E-state index in [1.54, 1.807) is 0 Å². The van der Waals surface area contributed by atoms with E-state index >= 15 is 0 Å². The summed E-state index contributed by atoms with van der Waals surface area (Å²) in [4.78, 5) is 8.85. The molecule has 0 N–H and O–H groups in total. The van der Waals surface area contributed by atoms with Crippen molar-refractivity contribution in [3.05, 3.63) is 23.3 Å². The van der Waals surface area contributed by atoms with Crippen molar-refractivity contribution in [1.82, 2.24) is 9.97 Å². The summed E-state index contributed by atoms with van der Waals surface area (Å²) in [7, 11) is 0. The molecule has 1 aromatic heterocycles. The molecule has 2 nitrogen and oxygen atoms in total. The largest absolute Gasteiger partial charge is 0.238 e. The maximum Gasteiger partial charge on any atom is 0.128 e. The molecule has 0 atom stereocenters. The average Bonchev–Trinajstić information content (AvgIpc) is 1.97. The Morgan fingerprint density at radius 2 is 1.57 bits per heavy atom. The fraction of sp³-hybridized carbons (Fsp3) is 0.667. The van der Waals surface area contributed by atoms with E-state index in [2.05, 4.69) is 30.7 Å². The van der Waals surface area contributed by atoms with E-state index in [-0.39, 0.29) is 0 Å². The van der Waals surface area contributed by atoms with Crippen LogP contribution in [0.1, 0.15) is 44.4 Å². The third-order valence-electron chi connectivity index (χ3n) is 2.13. The normalized spacial score (nSPS) is 11.8. The maximum atomic E-state index is 4.43. The Balaban J connectivity index is 2.68. The van der Waals surface area contributed by atoms with Gasteiger partial charge in [0, 0.05) is 17.8 Å². The summed E-state index contributed by atoms with van der Waals surface area (Å²) in [5.41, 5.74) is 2.50. The number of aromatic nitrogens is 2.